The Morgan fingerprint density at radius 2 is 1.82 bits per heavy atom. The average Bonchev–Trinajstić information content (AvgIpc) is 2.99. The maximum atomic E-state index is 12.5. The molecule has 1 heterocycles. The molecule has 0 spiro atoms. The van der Waals surface area contributed by atoms with Crippen molar-refractivity contribution in [3.63, 3.8) is 0 Å². The van der Waals surface area contributed by atoms with Gasteiger partial charge in [0.05, 0.1) is 6.10 Å². The Labute approximate surface area is 130 Å². The maximum absolute atomic E-state index is 12.5. The summed E-state index contributed by atoms with van der Waals surface area (Å²) in [5, 5.41) is 12.6. The molecule has 116 valence electrons. The summed E-state index contributed by atoms with van der Waals surface area (Å²) in [4.78, 5) is 12.5. The molecule has 1 fully saturated rings. The topological polar surface area (TPSA) is 54.3 Å². The third-order valence-electron chi connectivity index (χ3n) is 4.29. The second-order valence-corrected chi connectivity index (χ2v) is 5.99. The second-order valence-electron chi connectivity index (χ2n) is 5.99. The zero-order chi connectivity index (χ0) is 15.4. The number of rotatable bonds is 4. The minimum absolute atomic E-state index is 0.0256. The Balaban J connectivity index is 1.65. The molecule has 0 aliphatic heterocycles. The van der Waals surface area contributed by atoms with Gasteiger partial charge in [-0.05, 0) is 43.4 Å². The number of benzene rings is 1. The van der Waals surface area contributed by atoms with Crippen molar-refractivity contribution in [1.29, 1.82) is 0 Å². The minimum atomic E-state index is -0.199. The van der Waals surface area contributed by atoms with E-state index in [2.05, 4.69) is 17.4 Å². The van der Waals surface area contributed by atoms with E-state index in [1.807, 2.05) is 41.1 Å². The molecule has 1 aliphatic rings. The van der Waals surface area contributed by atoms with Crippen molar-refractivity contribution in [3.05, 3.63) is 59.9 Å². The first-order valence-corrected chi connectivity index (χ1v) is 7.90. The lowest BCUT2D eigenvalue weighted by Crippen LogP contribution is -2.39. The molecule has 1 aromatic heterocycles. The highest BCUT2D eigenvalue weighted by Crippen LogP contribution is 2.19. The van der Waals surface area contributed by atoms with Crippen LogP contribution in [0, 0.1) is 0 Å². The molecular weight excluding hydrogens is 276 g/mol. The van der Waals surface area contributed by atoms with Gasteiger partial charge < -0.3 is 15.0 Å². The van der Waals surface area contributed by atoms with Gasteiger partial charge in [0.25, 0.3) is 5.91 Å². The Hall–Kier alpha value is -2.07. The van der Waals surface area contributed by atoms with Gasteiger partial charge in [-0.15, -0.1) is 0 Å². The van der Waals surface area contributed by atoms with Gasteiger partial charge in [-0.2, -0.15) is 0 Å². The van der Waals surface area contributed by atoms with Gasteiger partial charge in [0.2, 0.25) is 0 Å². The Bertz CT molecular complexity index is 613. The molecule has 0 radical (unpaired) electrons. The van der Waals surface area contributed by atoms with E-state index < -0.39 is 0 Å². The molecule has 1 aromatic carbocycles. The smallest absolute Gasteiger partial charge is 0.268 e. The standard InChI is InChI=1S/C18H22N2O2/c21-16-10-8-15(9-11-16)19-18(22)17-7-4-12-20(17)13-14-5-2-1-3-6-14/h1-7,12,15-16,21H,8-11,13H2,(H,19,22). The lowest BCUT2D eigenvalue weighted by Gasteiger charge is -2.26. The van der Waals surface area contributed by atoms with E-state index in [-0.39, 0.29) is 18.1 Å². The Morgan fingerprint density at radius 3 is 2.55 bits per heavy atom. The zero-order valence-electron chi connectivity index (χ0n) is 12.6. The molecule has 2 aromatic rings. The van der Waals surface area contributed by atoms with Crippen LogP contribution >= 0.6 is 0 Å². The van der Waals surface area contributed by atoms with Gasteiger partial charge in [-0.3, -0.25) is 4.79 Å². The molecule has 2 N–H and O–H groups in total. The van der Waals surface area contributed by atoms with Crippen LogP contribution in [0.2, 0.25) is 0 Å². The van der Waals surface area contributed by atoms with Crippen LogP contribution in [-0.2, 0) is 6.54 Å². The summed E-state index contributed by atoms with van der Waals surface area (Å²) >= 11 is 0. The summed E-state index contributed by atoms with van der Waals surface area (Å²) in [6.07, 6.45) is 4.99. The summed E-state index contributed by atoms with van der Waals surface area (Å²) in [7, 11) is 0. The number of nitrogens with zero attached hydrogens (tertiary/aromatic N) is 1. The number of carbonyl (C=O) groups is 1. The summed E-state index contributed by atoms with van der Waals surface area (Å²) < 4.78 is 1.97. The van der Waals surface area contributed by atoms with Gasteiger partial charge in [0, 0.05) is 18.8 Å². The van der Waals surface area contributed by atoms with Crippen molar-refractivity contribution in [3.8, 4) is 0 Å². The fourth-order valence-electron chi connectivity index (χ4n) is 3.02. The lowest BCUT2D eigenvalue weighted by atomic mass is 9.93. The van der Waals surface area contributed by atoms with Gasteiger partial charge in [0.15, 0.2) is 0 Å². The number of nitrogens with one attached hydrogen (secondary N) is 1. The van der Waals surface area contributed by atoms with Crippen LogP contribution < -0.4 is 5.32 Å². The number of aliphatic hydroxyl groups is 1. The SMILES string of the molecule is O=C(NC1CCC(O)CC1)c1cccn1Cc1ccccc1. The largest absolute Gasteiger partial charge is 0.393 e. The summed E-state index contributed by atoms with van der Waals surface area (Å²) in [6, 6.07) is 14.1. The van der Waals surface area contributed by atoms with Crippen molar-refractivity contribution in [2.24, 2.45) is 0 Å². The van der Waals surface area contributed by atoms with E-state index >= 15 is 0 Å². The molecular formula is C18H22N2O2. The normalized spacial score (nSPS) is 21.5. The first-order chi connectivity index (χ1) is 10.7. The van der Waals surface area contributed by atoms with Crippen molar-refractivity contribution < 1.29 is 9.90 Å². The van der Waals surface area contributed by atoms with Crippen LogP contribution in [0.4, 0.5) is 0 Å². The number of hydrogen-bond donors (Lipinski definition) is 2. The van der Waals surface area contributed by atoms with Crippen LogP contribution in [0.25, 0.3) is 0 Å². The fourth-order valence-corrected chi connectivity index (χ4v) is 3.02. The summed E-state index contributed by atoms with van der Waals surface area (Å²) in [6.45, 7) is 0.694. The van der Waals surface area contributed by atoms with Crippen molar-refractivity contribution in [2.75, 3.05) is 0 Å². The van der Waals surface area contributed by atoms with E-state index in [0.717, 1.165) is 25.7 Å². The first-order valence-electron chi connectivity index (χ1n) is 7.90. The van der Waals surface area contributed by atoms with Crippen LogP contribution in [0.5, 0.6) is 0 Å². The third kappa shape index (κ3) is 3.57. The van der Waals surface area contributed by atoms with Crippen molar-refractivity contribution in [2.45, 2.75) is 44.4 Å². The first kappa shape index (κ1) is 14.9. The monoisotopic (exact) mass is 298 g/mol. The number of hydrogen-bond acceptors (Lipinski definition) is 2. The van der Waals surface area contributed by atoms with Crippen molar-refractivity contribution in [1.82, 2.24) is 9.88 Å². The van der Waals surface area contributed by atoms with E-state index in [1.165, 1.54) is 5.56 Å². The lowest BCUT2D eigenvalue weighted by molar-refractivity contribution is 0.0860. The highest BCUT2D eigenvalue weighted by atomic mass is 16.3. The van der Waals surface area contributed by atoms with E-state index in [9.17, 15) is 9.90 Å². The molecule has 1 aliphatic carbocycles. The summed E-state index contributed by atoms with van der Waals surface area (Å²) in [5.41, 5.74) is 1.86. The van der Waals surface area contributed by atoms with E-state index in [4.69, 9.17) is 0 Å². The van der Waals surface area contributed by atoms with Crippen LogP contribution in [0.3, 0.4) is 0 Å². The Morgan fingerprint density at radius 1 is 1.09 bits per heavy atom. The minimum Gasteiger partial charge on any atom is -0.393 e. The van der Waals surface area contributed by atoms with Gasteiger partial charge in [-0.25, -0.2) is 0 Å². The second kappa shape index (κ2) is 6.79. The maximum Gasteiger partial charge on any atom is 0.268 e. The van der Waals surface area contributed by atoms with E-state index in [1.54, 1.807) is 0 Å². The molecule has 22 heavy (non-hydrogen) atoms. The highest BCUT2D eigenvalue weighted by Gasteiger charge is 2.22. The molecule has 1 saturated carbocycles. The number of aliphatic hydroxyl groups excluding tert-OH is 1. The van der Waals surface area contributed by atoms with Gasteiger partial charge in [-0.1, -0.05) is 30.3 Å². The number of amides is 1. The van der Waals surface area contributed by atoms with Crippen LogP contribution in [0.1, 0.15) is 41.7 Å². The number of carbonyl (C=O) groups excluding carboxylic acids is 1. The molecule has 3 rings (SSSR count). The van der Waals surface area contributed by atoms with E-state index in [0.29, 0.717) is 12.2 Å². The molecule has 0 atom stereocenters. The molecule has 0 unspecified atom stereocenters. The Kier molecular flexibility index (Phi) is 4.59. The van der Waals surface area contributed by atoms with Gasteiger partial charge >= 0.3 is 0 Å². The molecule has 0 bridgehead atoms. The molecule has 0 saturated heterocycles. The molecule has 4 heteroatoms. The van der Waals surface area contributed by atoms with Crippen LogP contribution in [-0.4, -0.2) is 27.7 Å². The van der Waals surface area contributed by atoms with Crippen molar-refractivity contribution >= 4 is 5.91 Å². The quantitative estimate of drug-likeness (QED) is 0.911. The molecule has 1 amide bonds. The predicted octanol–water partition coefficient (Wildman–Crippen LogP) is 2.57. The zero-order valence-corrected chi connectivity index (χ0v) is 12.6. The highest BCUT2D eigenvalue weighted by molar-refractivity contribution is 5.93. The van der Waals surface area contributed by atoms with Gasteiger partial charge in [0.1, 0.15) is 5.69 Å². The summed E-state index contributed by atoms with van der Waals surface area (Å²) in [5.74, 6) is -0.0256. The predicted molar refractivity (Wildman–Crippen MR) is 85.7 cm³/mol. The third-order valence-corrected chi connectivity index (χ3v) is 4.29. The average molecular weight is 298 g/mol. The fraction of sp³-hybridized carbons (Fsp3) is 0.389. The van der Waals surface area contributed by atoms with Crippen LogP contribution in [0.15, 0.2) is 48.7 Å². The number of aromatic nitrogens is 1. The molecule has 4 nitrogen and oxygen atoms in total.